The van der Waals surface area contributed by atoms with Gasteiger partial charge in [0, 0.05) is 25.7 Å². The number of piperidine rings is 2. The van der Waals surface area contributed by atoms with Crippen molar-refractivity contribution in [3.05, 3.63) is 11.4 Å². The number of nitrogens with one attached hydrogen (secondary N) is 2. The second-order valence-electron chi connectivity index (χ2n) is 8.49. The first-order valence-corrected chi connectivity index (χ1v) is 10.1. The summed E-state index contributed by atoms with van der Waals surface area (Å²) in [4.78, 5) is 15.2. The molecule has 28 heavy (non-hydrogen) atoms. The number of likely N-dealkylation sites (tertiary alicyclic amines) is 1. The van der Waals surface area contributed by atoms with E-state index in [1.165, 1.54) is 6.42 Å². The van der Waals surface area contributed by atoms with Crippen LogP contribution in [0.2, 0.25) is 0 Å². The second-order valence-corrected chi connectivity index (χ2v) is 8.49. The summed E-state index contributed by atoms with van der Waals surface area (Å²) in [5.74, 6) is 1.36. The smallest absolute Gasteiger partial charge is 0.274 e. The fourth-order valence-electron chi connectivity index (χ4n) is 4.61. The summed E-state index contributed by atoms with van der Waals surface area (Å²) in [5, 5.41) is 14.9. The molecule has 2 fully saturated rings. The van der Waals surface area contributed by atoms with Crippen molar-refractivity contribution in [1.82, 2.24) is 30.5 Å². The van der Waals surface area contributed by atoms with Gasteiger partial charge in [0.1, 0.15) is 0 Å². The van der Waals surface area contributed by atoms with Crippen molar-refractivity contribution >= 4 is 30.7 Å². The molecule has 9 heteroatoms. The predicted octanol–water partition coefficient (Wildman–Crippen LogP) is 2.45. The van der Waals surface area contributed by atoms with Crippen LogP contribution in [0.4, 0.5) is 0 Å². The Morgan fingerprint density at radius 2 is 1.82 bits per heavy atom. The summed E-state index contributed by atoms with van der Waals surface area (Å²) in [6.07, 6.45) is 3.37. The number of hydrogen-bond acceptors (Lipinski definition) is 5. The van der Waals surface area contributed by atoms with Gasteiger partial charge in [-0.1, -0.05) is 19.1 Å². The standard InChI is InChI=1S/C19H34N6O.2ClH/c1-13-9-14(2)11-24(10-13)12-15(3)21-19(26)18-16(4)25(23-22-18)17-5-7-20-8-6-17;;/h13-15,17,20H,5-12H2,1-4H3,(H,21,26);2*1H. The van der Waals surface area contributed by atoms with Crippen molar-refractivity contribution < 1.29 is 4.79 Å². The SMILES string of the molecule is Cc1c(C(=O)NC(C)CN2CC(C)CC(C)C2)nnn1C1CCNCC1.Cl.Cl. The van der Waals surface area contributed by atoms with E-state index < -0.39 is 0 Å². The zero-order valence-electron chi connectivity index (χ0n) is 17.5. The van der Waals surface area contributed by atoms with Gasteiger partial charge < -0.3 is 15.5 Å². The Morgan fingerprint density at radius 3 is 2.43 bits per heavy atom. The zero-order chi connectivity index (χ0) is 18.7. The average Bonchev–Trinajstić information content (AvgIpc) is 2.96. The molecule has 1 aromatic heterocycles. The van der Waals surface area contributed by atoms with E-state index in [2.05, 4.69) is 46.6 Å². The zero-order valence-corrected chi connectivity index (χ0v) is 19.1. The maximum atomic E-state index is 12.7. The lowest BCUT2D eigenvalue weighted by Gasteiger charge is -2.36. The Labute approximate surface area is 181 Å². The van der Waals surface area contributed by atoms with Gasteiger partial charge in [-0.15, -0.1) is 29.9 Å². The minimum absolute atomic E-state index is 0. The number of aromatic nitrogens is 3. The first-order valence-electron chi connectivity index (χ1n) is 10.1. The molecule has 0 saturated carbocycles. The van der Waals surface area contributed by atoms with Gasteiger partial charge in [-0.05, 0) is 58.0 Å². The molecular weight excluding hydrogens is 399 g/mol. The Morgan fingerprint density at radius 1 is 1.21 bits per heavy atom. The number of halogens is 2. The van der Waals surface area contributed by atoms with Crippen LogP contribution in [0.1, 0.15) is 62.3 Å². The topological polar surface area (TPSA) is 75.1 Å². The molecule has 162 valence electrons. The van der Waals surface area contributed by atoms with Gasteiger partial charge in [-0.2, -0.15) is 0 Å². The second kappa shape index (κ2) is 11.3. The van der Waals surface area contributed by atoms with Gasteiger partial charge in [0.2, 0.25) is 0 Å². The molecule has 2 saturated heterocycles. The number of amides is 1. The highest BCUT2D eigenvalue weighted by Gasteiger charge is 2.26. The van der Waals surface area contributed by atoms with Crippen LogP contribution in [-0.2, 0) is 0 Å². The molecule has 1 amide bonds. The molecule has 3 atom stereocenters. The summed E-state index contributed by atoms with van der Waals surface area (Å²) >= 11 is 0. The molecule has 3 unspecified atom stereocenters. The molecule has 2 aliphatic heterocycles. The number of carbonyl (C=O) groups is 1. The van der Waals surface area contributed by atoms with Crippen LogP contribution in [-0.4, -0.2) is 64.6 Å². The normalized spacial score (nSPS) is 24.7. The first-order chi connectivity index (χ1) is 12.4. The fourth-order valence-corrected chi connectivity index (χ4v) is 4.61. The number of hydrogen-bond donors (Lipinski definition) is 2. The van der Waals surface area contributed by atoms with E-state index in [-0.39, 0.29) is 36.8 Å². The van der Waals surface area contributed by atoms with Crippen molar-refractivity contribution in [1.29, 1.82) is 0 Å². The molecule has 0 spiro atoms. The molecule has 1 aromatic rings. The van der Waals surface area contributed by atoms with Crippen LogP contribution < -0.4 is 10.6 Å². The van der Waals surface area contributed by atoms with Crippen LogP contribution >= 0.6 is 24.8 Å². The van der Waals surface area contributed by atoms with Crippen molar-refractivity contribution in [3.8, 4) is 0 Å². The largest absolute Gasteiger partial charge is 0.347 e. The molecule has 0 bridgehead atoms. The fraction of sp³-hybridized carbons (Fsp3) is 0.842. The van der Waals surface area contributed by atoms with E-state index in [4.69, 9.17) is 0 Å². The van der Waals surface area contributed by atoms with Gasteiger partial charge in [0.05, 0.1) is 11.7 Å². The van der Waals surface area contributed by atoms with Gasteiger partial charge in [0.15, 0.2) is 5.69 Å². The van der Waals surface area contributed by atoms with Gasteiger partial charge in [-0.3, -0.25) is 4.79 Å². The van der Waals surface area contributed by atoms with E-state index in [9.17, 15) is 4.79 Å². The maximum absolute atomic E-state index is 12.7. The Bertz CT molecular complexity index is 610. The lowest BCUT2D eigenvalue weighted by atomic mass is 9.92. The summed E-state index contributed by atoms with van der Waals surface area (Å²) in [5.41, 5.74) is 1.34. The van der Waals surface area contributed by atoms with Crippen molar-refractivity contribution in [3.63, 3.8) is 0 Å². The van der Waals surface area contributed by atoms with E-state index in [1.54, 1.807) is 0 Å². The van der Waals surface area contributed by atoms with Gasteiger partial charge >= 0.3 is 0 Å². The van der Waals surface area contributed by atoms with Gasteiger partial charge in [-0.25, -0.2) is 4.68 Å². The maximum Gasteiger partial charge on any atom is 0.274 e. The van der Waals surface area contributed by atoms with E-state index in [0.29, 0.717) is 11.7 Å². The number of carbonyl (C=O) groups excluding carboxylic acids is 1. The van der Waals surface area contributed by atoms with E-state index in [1.807, 2.05) is 11.6 Å². The van der Waals surface area contributed by atoms with Crippen LogP contribution in [0, 0.1) is 18.8 Å². The molecular formula is C19H36Cl2N6O. The third-order valence-corrected chi connectivity index (χ3v) is 5.65. The highest BCUT2D eigenvalue weighted by atomic mass is 35.5. The highest BCUT2D eigenvalue weighted by molar-refractivity contribution is 5.93. The monoisotopic (exact) mass is 434 g/mol. The third-order valence-electron chi connectivity index (χ3n) is 5.65. The number of rotatable bonds is 5. The van der Waals surface area contributed by atoms with Crippen molar-refractivity contribution in [2.75, 3.05) is 32.7 Å². The predicted molar refractivity (Wildman–Crippen MR) is 117 cm³/mol. The van der Waals surface area contributed by atoms with Crippen LogP contribution in [0.25, 0.3) is 0 Å². The quantitative estimate of drug-likeness (QED) is 0.743. The van der Waals surface area contributed by atoms with E-state index >= 15 is 0 Å². The third kappa shape index (κ3) is 6.31. The molecule has 0 aromatic carbocycles. The van der Waals surface area contributed by atoms with E-state index in [0.717, 1.165) is 63.1 Å². The summed E-state index contributed by atoms with van der Waals surface area (Å²) in [6.45, 7) is 13.8. The van der Waals surface area contributed by atoms with Crippen LogP contribution in [0.5, 0.6) is 0 Å². The molecule has 7 nitrogen and oxygen atoms in total. The summed E-state index contributed by atoms with van der Waals surface area (Å²) in [7, 11) is 0. The Balaban J connectivity index is 0.00000196. The van der Waals surface area contributed by atoms with Gasteiger partial charge in [0.25, 0.3) is 5.91 Å². The summed E-state index contributed by atoms with van der Waals surface area (Å²) < 4.78 is 1.94. The lowest BCUT2D eigenvalue weighted by Crippen LogP contribution is -2.47. The summed E-state index contributed by atoms with van der Waals surface area (Å²) in [6, 6.07) is 0.447. The van der Waals surface area contributed by atoms with Crippen LogP contribution in [0.3, 0.4) is 0 Å². The molecule has 0 aliphatic carbocycles. The molecule has 2 N–H and O–H groups in total. The first kappa shape index (κ1) is 25.1. The lowest BCUT2D eigenvalue weighted by molar-refractivity contribution is 0.0899. The molecule has 0 radical (unpaired) electrons. The highest BCUT2D eigenvalue weighted by Crippen LogP contribution is 2.22. The Hall–Kier alpha value is -0.890. The minimum Gasteiger partial charge on any atom is -0.347 e. The minimum atomic E-state index is -0.103. The molecule has 3 heterocycles. The average molecular weight is 435 g/mol. The molecule has 3 rings (SSSR count). The number of nitrogens with zero attached hydrogens (tertiary/aromatic N) is 4. The van der Waals surface area contributed by atoms with Crippen molar-refractivity contribution in [2.45, 2.75) is 59.0 Å². The Kier molecular flexibility index (Phi) is 10.2. The van der Waals surface area contributed by atoms with Crippen molar-refractivity contribution in [2.24, 2.45) is 11.8 Å². The molecule has 2 aliphatic rings. The van der Waals surface area contributed by atoms with Crippen LogP contribution in [0.15, 0.2) is 0 Å².